The minimum Gasteiger partial charge on any atom is -0.508 e. The Morgan fingerprint density at radius 3 is 1.97 bits per heavy atom. The number of benzene rings is 2. The molecule has 37 heavy (non-hydrogen) atoms. The molecule has 1 heterocycles. The number of amidine groups is 2. The largest absolute Gasteiger partial charge is 0.508 e. The van der Waals surface area contributed by atoms with Crippen molar-refractivity contribution in [3.8, 4) is 11.5 Å². The van der Waals surface area contributed by atoms with Crippen LogP contribution in [-0.4, -0.2) is 57.9 Å². The summed E-state index contributed by atoms with van der Waals surface area (Å²) in [7, 11) is 0. The van der Waals surface area contributed by atoms with Gasteiger partial charge in [-0.1, -0.05) is 20.3 Å². The van der Waals surface area contributed by atoms with E-state index in [4.69, 9.17) is 10.8 Å². The Labute approximate surface area is 224 Å². The highest BCUT2D eigenvalue weighted by Gasteiger charge is 2.27. The number of piperidine rings is 1. The maximum atomic E-state index is 12.5. The van der Waals surface area contributed by atoms with Crippen LogP contribution >= 0.6 is 12.6 Å². The van der Waals surface area contributed by atoms with E-state index < -0.39 is 11.7 Å². The standard InChI is InChI=1S/C21H26N4O3S.C5H11N.2H2O/c1-11(2)15-9-16(18(27)10-17(15)26)19(22)25(13-5-7-14(29)8-6-13)20(23)21(28)24-12(3)4;1-2-4-6-5-3-1;;/h5-12,22-23,26-27,29H,1-4H3,(H,24,28);6H,1-5H2;2*1H2. The molecule has 1 amide bonds. The Hall–Kier alpha value is -3.12. The molecule has 0 unspecified atom stereocenters. The van der Waals surface area contributed by atoms with Crippen molar-refractivity contribution in [2.75, 3.05) is 18.0 Å². The topological polar surface area (TPSA) is 196 Å². The van der Waals surface area contributed by atoms with E-state index in [9.17, 15) is 15.0 Å². The van der Waals surface area contributed by atoms with Gasteiger partial charge in [-0.2, -0.15) is 0 Å². The van der Waals surface area contributed by atoms with Crippen LogP contribution in [-0.2, 0) is 4.79 Å². The van der Waals surface area contributed by atoms with Crippen molar-refractivity contribution in [3.05, 3.63) is 47.5 Å². The van der Waals surface area contributed by atoms with Gasteiger partial charge in [-0.05, 0) is 81.6 Å². The summed E-state index contributed by atoms with van der Waals surface area (Å²) in [5, 5.41) is 43.5. The van der Waals surface area contributed by atoms with Crippen molar-refractivity contribution in [2.24, 2.45) is 0 Å². The first-order valence-corrected chi connectivity index (χ1v) is 12.3. The number of phenols is 2. The molecule has 1 aliphatic heterocycles. The second kappa shape index (κ2) is 15.9. The molecule has 1 fully saturated rings. The first-order chi connectivity index (χ1) is 16.5. The van der Waals surface area contributed by atoms with Crippen molar-refractivity contribution in [1.82, 2.24) is 10.6 Å². The Bertz CT molecular complexity index is 1030. The number of amides is 1. The third-order valence-electron chi connectivity index (χ3n) is 5.42. The number of thiol groups is 1. The lowest BCUT2D eigenvalue weighted by Crippen LogP contribution is -2.47. The molecule has 11 heteroatoms. The highest BCUT2D eigenvalue weighted by molar-refractivity contribution is 7.80. The summed E-state index contributed by atoms with van der Waals surface area (Å²) in [6.07, 6.45) is 4.22. The molecular weight excluding hydrogens is 494 g/mol. The summed E-state index contributed by atoms with van der Waals surface area (Å²) in [5.74, 6) is -1.82. The van der Waals surface area contributed by atoms with Crippen molar-refractivity contribution in [1.29, 1.82) is 10.8 Å². The summed E-state index contributed by atoms with van der Waals surface area (Å²) >= 11 is 4.25. The molecule has 0 aromatic heterocycles. The van der Waals surface area contributed by atoms with Gasteiger partial charge >= 0.3 is 0 Å². The van der Waals surface area contributed by atoms with E-state index >= 15 is 0 Å². The number of anilines is 1. The van der Waals surface area contributed by atoms with Crippen LogP contribution < -0.4 is 15.5 Å². The fourth-order valence-corrected chi connectivity index (χ4v) is 3.72. The maximum absolute atomic E-state index is 12.5. The van der Waals surface area contributed by atoms with Crippen molar-refractivity contribution in [3.63, 3.8) is 0 Å². The minimum absolute atomic E-state index is 0. The Morgan fingerprint density at radius 1 is 0.973 bits per heavy atom. The van der Waals surface area contributed by atoms with Gasteiger partial charge in [-0.25, -0.2) is 0 Å². The Kier molecular flexibility index (Phi) is 14.5. The summed E-state index contributed by atoms with van der Waals surface area (Å²) in [4.78, 5) is 14.3. The van der Waals surface area contributed by atoms with Gasteiger partial charge in [0.25, 0.3) is 5.91 Å². The van der Waals surface area contributed by atoms with Crippen LogP contribution in [0, 0.1) is 10.8 Å². The van der Waals surface area contributed by atoms with Gasteiger partial charge in [0, 0.05) is 22.7 Å². The molecular formula is C26H41N5O5S. The van der Waals surface area contributed by atoms with Gasteiger partial charge in [0.15, 0.2) is 5.84 Å². The number of phenolic OH excluding ortho intramolecular Hbond substituents is 2. The number of carbonyl (C=O) groups excluding carboxylic acids is 1. The lowest BCUT2D eigenvalue weighted by molar-refractivity contribution is -0.115. The van der Waals surface area contributed by atoms with Crippen molar-refractivity contribution >= 4 is 35.9 Å². The first kappa shape index (κ1) is 33.9. The lowest BCUT2D eigenvalue weighted by atomic mass is 9.98. The summed E-state index contributed by atoms with van der Waals surface area (Å²) in [6.45, 7) is 9.80. The second-order valence-electron chi connectivity index (χ2n) is 9.07. The minimum atomic E-state index is -0.651. The zero-order chi connectivity index (χ0) is 26.1. The number of hydrogen-bond donors (Lipinski definition) is 7. The van der Waals surface area contributed by atoms with Crippen LogP contribution in [0.3, 0.4) is 0 Å². The van der Waals surface area contributed by atoms with Crippen molar-refractivity contribution < 1.29 is 26.0 Å². The van der Waals surface area contributed by atoms with Crippen LogP contribution in [0.4, 0.5) is 5.69 Å². The molecule has 0 saturated carbocycles. The van der Waals surface area contributed by atoms with E-state index in [0.717, 1.165) is 4.90 Å². The fourth-order valence-electron chi connectivity index (χ4n) is 3.57. The first-order valence-electron chi connectivity index (χ1n) is 11.9. The maximum Gasteiger partial charge on any atom is 0.287 e. The van der Waals surface area contributed by atoms with Crippen LogP contribution in [0.25, 0.3) is 0 Å². The number of nitrogens with zero attached hydrogens (tertiary/aromatic N) is 1. The molecule has 10 N–H and O–H groups in total. The monoisotopic (exact) mass is 535 g/mol. The van der Waals surface area contributed by atoms with Crippen LogP contribution in [0.2, 0.25) is 0 Å². The number of nitrogens with one attached hydrogen (secondary N) is 4. The molecule has 0 atom stereocenters. The molecule has 0 bridgehead atoms. The lowest BCUT2D eigenvalue weighted by Gasteiger charge is -2.26. The van der Waals surface area contributed by atoms with E-state index in [2.05, 4.69) is 23.3 Å². The molecule has 1 saturated heterocycles. The molecule has 2 aromatic rings. The smallest absolute Gasteiger partial charge is 0.287 e. The summed E-state index contributed by atoms with van der Waals surface area (Å²) < 4.78 is 0. The fraction of sp³-hybridized carbons (Fsp3) is 0.423. The highest BCUT2D eigenvalue weighted by Crippen LogP contribution is 2.33. The van der Waals surface area contributed by atoms with Gasteiger partial charge in [0.2, 0.25) is 0 Å². The van der Waals surface area contributed by atoms with Crippen molar-refractivity contribution in [2.45, 2.75) is 63.8 Å². The van der Waals surface area contributed by atoms with Crippen LogP contribution in [0.1, 0.15) is 64.0 Å². The average molecular weight is 536 g/mol. The highest BCUT2D eigenvalue weighted by atomic mass is 32.1. The van der Waals surface area contributed by atoms with E-state index in [1.165, 1.54) is 44.5 Å². The van der Waals surface area contributed by atoms with E-state index in [1.54, 1.807) is 38.1 Å². The zero-order valence-corrected chi connectivity index (χ0v) is 22.7. The molecule has 10 nitrogen and oxygen atoms in total. The Morgan fingerprint density at radius 2 is 1.54 bits per heavy atom. The van der Waals surface area contributed by atoms with Gasteiger partial charge < -0.3 is 31.8 Å². The van der Waals surface area contributed by atoms with Gasteiger partial charge in [0.05, 0.1) is 5.56 Å². The van der Waals surface area contributed by atoms with Gasteiger partial charge in [0.1, 0.15) is 17.3 Å². The normalized spacial score (nSPS) is 12.4. The van der Waals surface area contributed by atoms with E-state index in [1.807, 2.05) is 13.8 Å². The molecule has 2 aromatic carbocycles. The molecule has 3 rings (SSSR count). The van der Waals surface area contributed by atoms with E-state index in [0.29, 0.717) is 16.1 Å². The third-order valence-corrected chi connectivity index (χ3v) is 5.72. The predicted octanol–water partition coefficient (Wildman–Crippen LogP) is 2.95. The summed E-state index contributed by atoms with van der Waals surface area (Å²) in [6, 6.07) is 9.12. The quantitative estimate of drug-likeness (QED) is 0.179. The molecule has 0 spiro atoms. The Balaban J connectivity index is 0.00000142. The van der Waals surface area contributed by atoms with Crippen LogP contribution in [0.15, 0.2) is 41.3 Å². The van der Waals surface area contributed by atoms with E-state index in [-0.39, 0.29) is 45.8 Å². The third kappa shape index (κ3) is 9.69. The number of aromatic hydroxyl groups is 2. The zero-order valence-electron chi connectivity index (χ0n) is 21.9. The van der Waals surface area contributed by atoms with Gasteiger partial charge in [-0.15, -0.1) is 12.6 Å². The molecule has 1 aliphatic rings. The van der Waals surface area contributed by atoms with Gasteiger partial charge in [-0.3, -0.25) is 20.5 Å². The predicted molar refractivity (Wildman–Crippen MR) is 152 cm³/mol. The number of hydrogen-bond acceptors (Lipinski definition) is 7. The number of carbonyl (C=O) groups is 1. The molecule has 0 aliphatic carbocycles. The number of rotatable bonds is 4. The SMILES string of the molecule is C1CCNCC1.CC(C)NC(=O)C(=N)N(C(=N)c1cc(C(C)C)c(O)cc1O)c1ccc(S)cc1.O.O. The average Bonchev–Trinajstić information content (AvgIpc) is 2.81. The van der Waals surface area contributed by atoms with Crippen LogP contribution in [0.5, 0.6) is 11.5 Å². The second-order valence-corrected chi connectivity index (χ2v) is 9.59. The summed E-state index contributed by atoms with van der Waals surface area (Å²) in [5.41, 5.74) is 1.05. The molecule has 206 valence electrons. The molecule has 0 radical (unpaired) electrons.